The summed E-state index contributed by atoms with van der Waals surface area (Å²) >= 11 is 0. The maximum atomic E-state index is 4.77. The highest BCUT2D eigenvalue weighted by Crippen LogP contribution is 2.11. The van der Waals surface area contributed by atoms with Crippen LogP contribution in [0.25, 0.3) is 0 Å². The molecule has 1 saturated heterocycles. The van der Waals surface area contributed by atoms with Crippen molar-refractivity contribution in [2.75, 3.05) is 32.7 Å². The zero-order chi connectivity index (χ0) is 18.6. The molecule has 7 heteroatoms. The number of imidazole rings is 1. The summed E-state index contributed by atoms with van der Waals surface area (Å²) < 4.78 is 2.21. The second-order valence-electron chi connectivity index (χ2n) is 7.25. The van der Waals surface area contributed by atoms with Crippen LogP contribution in [0, 0.1) is 6.92 Å². The van der Waals surface area contributed by atoms with Gasteiger partial charge in [-0.2, -0.15) is 0 Å². The Labute approximate surface area is 182 Å². The molecule has 0 amide bonds. The molecule has 2 N–H and O–H groups in total. The first-order valence-electron chi connectivity index (χ1n) is 10.5. The largest absolute Gasteiger partial charge is 0.357 e. The van der Waals surface area contributed by atoms with Crippen molar-refractivity contribution in [1.82, 2.24) is 25.1 Å². The average molecular weight is 490 g/mol. The predicted octanol–water partition coefficient (Wildman–Crippen LogP) is 3.41. The van der Waals surface area contributed by atoms with E-state index in [9.17, 15) is 0 Å². The van der Waals surface area contributed by atoms with Gasteiger partial charge in [0.15, 0.2) is 5.96 Å². The van der Waals surface area contributed by atoms with E-state index in [0.29, 0.717) is 6.04 Å². The molecule has 0 aromatic carbocycles. The van der Waals surface area contributed by atoms with Crippen molar-refractivity contribution in [1.29, 1.82) is 0 Å². The van der Waals surface area contributed by atoms with Crippen molar-refractivity contribution in [2.24, 2.45) is 4.99 Å². The third kappa shape index (κ3) is 9.27. The van der Waals surface area contributed by atoms with E-state index >= 15 is 0 Å². The Bertz CT molecular complexity index is 522. The van der Waals surface area contributed by atoms with Crippen LogP contribution in [0.15, 0.2) is 17.4 Å². The maximum Gasteiger partial charge on any atom is 0.191 e. The number of aromatic nitrogens is 2. The van der Waals surface area contributed by atoms with E-state index in [0.717, 1.165) is 44.3 Å². The van der Waals surface area contributed by atoms with E-state index in [1.165, 1.54) is 45.3 Å². The minimum Gasteiger partial charge on any atom is -0.357 e. The van der Waals surface area contributed by atoms with Crippen LogP contribution in [0.3, 0.4) is 0 Å². The van der Waals surface area contributed by atoms with E-state index in [4.69, 9.17) is 4.99 Å². The molecule has 1 aromatic rings. The van der Waals surface area contributed by atoms with E-state index in [1.54, 1.807) is 0 Å². The first kappa shape index (κ1) is 24.2. The quantitative estimate of drug-likeness (QED) is 0.229. The summed E-state index contributed by atoms with van der Waals surface area (Å²) in [7, 11) is 0. The molecule has 1 aliphatic heterocycles. The Kier molecular flexibility index (Phi) is 12.7. The molecule has 0 unspecified atom stereocenters. The van der Waals surface area contributed by atoms with Gasteiger partial charge >= 0.3 is 0 Å². The number of aliphatic imine (C=N–C) groups is 1. The van der Waals surface area contributed by atoms with Crippen molar-refractivity contribution in [3.63, 3.8) is 0 Å². The Morgan fingerprint density at radius 1 is 1.19 bits per heavy atom. The van der Waals surface area contributed by atoms with E-state index in [-0.39, 0.29) is 24.0 Å². The number of guanidine groups is 1. The number of hydrogen-bond donors (Lipinski definition) is 2. The van der Waals surface area contributed by atoms with Crippen LogP contribution in [-0.4, -0.2) is 59.2 Å². The van der Waals surface area contributed by atoms with E-state index in [1.807, 2.05) is 6.20 Å². The fourth-order valence-electron chi connectivity index (χ4n) is 3.42. The van der Waals surface area contributed by atoms with Crippen LogP contribution in [-0.2, 0) is 6.54 Å². The zero-order valence-electron chi connectivity index (χ0n) is 17.4. The van der Waals surface area contributed by atoms with Gasteiger partial charge in [-0.1, -0.05) is 13.3 Å². The molecule has 27 heavy (non-hydrogen) atoms. The smallest absolute Gasteiger partial charge is 0.191 e. The molecule has 1 aliphatic rings. The molecule has 0 saturated carbocycles. The zero-order valence-corrected chi connectivity index (χ0v) is 19.7. The number of rotatable bonds is 10. The number of nitrogens with one attached hydrogen (secondary N) is 2. The average Bonchev–Trinajstić information content (AvgIpc) is 3.06. The van der Waals surface area contributed by atoms with Gasteiger partial charge in [-0.05, 0) is 52.5 Å². The third-order valence-electron chi connectivity index (χ3n) is 5.10. The first-order chi connectivity index (χ1) is 12.7. The van der Waals surface area contributed by atoms with Gasteiger partial charge in [0.25, 0.3) is 0 Å². The summed E-state index contributed by atoms with van der Waals surface area (Å²) in [6.45, 7) is 12.9. The monoisotopic (exact) mass is 490 g/mol. The van der Waals surface area contributed by atoms with Crippen LogP contribution in [0.2, 0.25) is 0 Å². The Morgan fingerprint density at radius 3 is 2.59 bits per heavy atom. The van der Waals surface area contributed by atoms with Gasteiger partial charge in [-0.15, -0.1) is 24.0 Å². The highest BCUT2D eigenvalue weighted by Gasteiger charge is 2.19. The molecular weight excluding hydrogens is 451 g/mol. The molecule has 0 atom stereocenters. The highest BCUT2D eigenvalue weighted by atomic mass is 127. The van der Waals surface area contributed by atoms with Gasteiger partial charge < -0.3 is 20.1 Å². The summed E-state index contributed by atoms with van der Waals surface area (Å²) in [5.74, 6) is 2.08. The summed E-state index contributed by atoms with van der Waals surface area (Å²) in [6, 6.07) is 0.555. The SMILES string of the molecule is CCCCN1CCC(NC(=NCCCCn2ccnc2C)NCC)CC1.I. The van der Waals surface area contributed by atoms with Crippen molar-refractivity contribution in [3.8, 4) is 0 Å². The van der Waals surface area contributed by atoms with Crippen LogP contribution in [0.1, 0.15) is 58.2 Å². The molecule has 1 fully saturated rings. The lowest BCUT2D eigenvalue weighted by Crippen LogP contribution is -2.48. The standard InChI is InChI=1S/C20H38N6.HI/c1-4-6-13-25-15-9-19(10-16-25)24-20(21-5-2)23-11-7-8-14-26-17-12-22-18(26)3;/h12,17,19H,4-11,13-16H2,1-3H3,(H2,21,23,24);1H. The molecule has 156 valence electrons. The first-order valence-corrected chi connectivity index (χ1v) is 10.5. The Balaban J connectivity index is 0.00000364. The second-order valence-corrected chi connectivity index (χ2v) is 7.25. The third-order valence-corrected chi connectivity index (χ3v) is 5.10. The number of nitrogens with zero attached hydrogens (tertiary/aromatic N) is 4. The lowest BCUT2D eigenvalue weighted by Gasteiger charge is -2.33. The van der Waals surface area contributed by atoms with Crippen LogP contribution in [0.5, 0.6) is 0 Å². The predicted molar refractivity (Wildman–Crippen MR) is 125 cm³/mol. The van der Waals surface area contributed by atoms with Crippen molar-refractivity contribution in [3.05, 3.63) is 18.2 Å². The van der Waals surface area contributed by atoms with Gasteiger partial charge in [-0.25, -0.2) is 4.98 Å². The number of unbranched alkanes of at least 4 members (excludes halogenated alkanes) is 2. The molecule has 2 heterocycles. The number of likely N-dealkylation sites (tertiary alicyclic amines) is 1. The molecule has 6 nitrogen and oxygen atoms in total. The van der Waals surface area contributed by atoms with Crippen LogP contribution in [0.4, 0.5) is 0 Å². The minimum atomic E-state index is 0. The Hall–Kier alpha value is -0.830. The fraction of sp³-hybridized carbons (Fsp3) is 0.800. The van der Waals surface area contributed by atoms with Crippen LogP contribution < -0.4 is 10.6 Å². The van der Waals surface area contributed by atoms with Crippen LogP contribution >= 0.6 is 24.0 Å². The molecular formula is C20H39IN6. The highest BCUT2D eigenvalue weighted by molar-refractivity contribution is 14.0. The number of aryl methyl sites for hydroxylation is 2. The summed E-state index contributed by atoms with van der Waals surface area (Å²) in [4.78, 5) is 11.6. The van der Waals surface area contributed by atoms with Crippen molar-refractivity contribution in [2.45, 2.75) is 71.9 Å². The second kappa shape index (κ2) is 14.2. The van der Waals surface area contributed by atoms with Crippen molar-refractivity contribution >= 4 is 29.9 Å². The van der Waals surface area contributed by atoms with E-state index in [2.05, 4.69) is 52.1 Å². The summed E-state index contributed by atoms with van der Waals surface area (Å²) in [5.41, 5.74) is 0. The molecule has 1 aromatic heterocycles. The normalized spacial score (nSPS) is 16.2. The van der Waals surface area contributed by atoms with Gasteiger partial charge in [-0.3, -0.25) is 4.99 Å². The van der Waals surface area contributed by atoms with Gasteiger partial charge in [0.2, 0.25) is 0 Å². The molecule has 0 bridgehead atoms. The fourth-order valence-corrected chi connectivity index (χ4v) is 3.42. The molecule has 0 aliphatic carbocycles. The number of hydrogen-bond acceptors (Lipinski definition) is 3. The number of halogens is 1. The lowest BCUT2D eigenvalue weighted by molar-refractivity contribution is 0.203. The van der Waals surface area contributed by atoms with Gasteiger partial charge in [0, 0.05) is 51.2 Å². The van der Waals surface area contributed by atoms with Crippen molar-refractivity contribution < 1.29 is 0 Å². The van der Waals surface area contributed by atoms with E-state index < -0.39 is 0 Å². The Morgan fingerprint density at radius 2 is 1.96 bits per heavy atom. The molecule has 2 rings (SSSR count). The summed E-state index contributed by atoms with van der Waals surface area (Å²) in [5, 5.41) is 7.04. The molecule has 0 spiro atoms. The molecule has 0 radical (unpaired) electrons. The maximum absolute atomic E-state index is 4.77. The number of piperidine rings is 1. The lowest BCUT2D eigenvalue weighted by atomic mass is 10.0. The van der Waals surface area contributed by atoms with Gasteiger partial charge in [0.05, 0.1) is 0 Å². The topological polar surface area (TPSA) is 57.5 Å². The minimum absolute atomic E-state index is 0. The summed E-state index contributed by atoms with van der Waals surface area (Å²) in [6.07, 6.45) is 11.2. The van der Waals surface area contributed by atoms with Gasteiger partial charge in [0.1, 0.15) is 5.82 Å².